The van der Waals surface area contributed by atoms with E-state index in [0.29, 0.717) is 0 Å². The van der Waals surface area contributed by atoms with Crippen LogP contribution in [0.25, 0.3) is 0 Å². The van der Waals surface area contributed by atoms with E-state index in [0.717, 1.165) is 18.8 Å². The normalized spacial score (nSPS) is 8.00. The average molecular weight is 276 g/mol. The standard InChI is InChI=1S/C7H14.2Y/c1-4-7(5-2)6-3;;/h7H,1-2,4-6H2,3H3;;/q-2;;. The molecule has 0 spiro atoms. The number of rotatable bonds is 3. The Labute approximate surface area is 110 Å². The Morgan fingerprint density at radius 2 is 1.44 bits per heavy atom. The maximum Gasteiger partial charge on any atom is 0 e. The van der Waals surface area contributed by atoms with Crippen molar-refractivity contribution in [1.29, 1.82) is 0 Å². The largest absolute Gasteiger partial charge is 0.343 e. The third-order valence-corrected chi connectivity index (χ3v) is 1.39. The van der Waals surface area contributed by atoms with Crippen LogP contribution in [-0.4, -0.2) is 0 Å². The van der Waals surface area contributed by atoms with Gasteiger partial charge in [0.25, 0.3) is 0 Å². The van der Waals surface area contributed by atoms with Crippen LogP contribution in [0.1, 0.15) is 26.2 Å². The van der Waals surface area contributed by atoms with E-state index in [4.69, 9.17) is 0 Å². The van der Waals surface area contributed by atoms with Gasteiger partial charge in [0.2, 0.25) is 0 Å². The molecule has 0 amide bonds. The van der Waals surface area contributed by atoms with Crippen molar-refractivity contribution in [3.8, 4) is 0 Å². The molecular formula is C7H14Y2-2. The second-order valence-electron chi connectivity index (χ2n) is 1.85. The monoisotopic (exact) mass is 276 g/mol. The molecule has 0 nitrogen and oxygen atoms in total. The molecule has 0 fully saturated rings. The van der Waals surface area contributed by atoms with Crippen LogP contribution >= 0.6 is 0 Å². The molecular weight excluding hydrogens is 262 g/mol. The molecule has 2 radical (unpaired) electrons. The molecule has 2 heteroatoms. The van der Waals surface area contributed by atoms with E-state index < -0.39 is 0 Å². The Bertz CT molecular complexity index is 28.4. The fraction of sp³-hybridized carbons (Fsp3) is 0.714. The van der Waals surface area contributed by atoms with E-state index in [1.54, 1.807) is 0 Å². The van der Waals surface area contributed by atoms with E-state index in [9.17, 15) is 0 Å². The van der Waals surface area contributed by atoms with E-state index >= 15 is 0 Å². The Morgan fingerprint density at radius 3 is 1.44 bits per heavy atom. The first-order chi connectivity index (χ1) is 3.35. The van der Waals surface area contributed by atoms with E-state index in [1.807, 2.05) is 0 Å². The molecule has 0 aliphatic heterocycles. The first-order valence-corrected chi connectivity index (χ1v) is 2.93. The van der Waals surface area contributed by atoms with Crippen LogP contribution in [0.15, 0.2) is 0 Å². The van der Waals surface area contributed by atoms with Crippen molar-refractivity contribution in [3.63, 3.8) is 0 Å². The van der Waals surface area contributed by atoms with Crippen molar-refractivity contribution in [2.75, 3.05) is 0 Å². The molecule has 0 aromatic heterocycles. The second kappa shape index (κ2) is 12.8. The van der Waals surface area contributed by atoms with E-state index in [-0.39, 0.29) is 65.4 Å². The summed E-state index contributed by atoms with van der Waals surface area (Å²) in [5, 5.41) is 0. The quantitative estimate of drug-likeness (QED) is 0.694. The van der Waals surface area contributed by atoms with Gasteiger partial charge < -0.3 is 13.8 Å². The van der Waals surface area contributed by atoms with Crippen LogP contribution in [0.5, 0.6) is 0 Å². The van der Waals surface area contributed by atoms with Crippen LogP contribution in [0.4, 0.5) is 0 Å². The van der Waals surface area contributed by atoms with Crippen LogP contribution < -0.4 is 0 Å². The van der Waals surface area contributed by atoms with Crippen LogP contribution in [0.2, 0.25) is 0 Å². The molecule has 0 rings (SSSR count). The molecule has 0 aromatic carbocycles. The van der Waals surface area contributed by atoms with Gasteiger partial charge in [0.15, 0.2) is 0 Å². The number of hydrogen-bond acceptors (Lipinski definition) is 0. The zero-order valence-corrected chi connectivity index (χ0v) is 11.9. The Balaban J connectivity index is -0.000000180. The zero-order valence-electron chi connectivity index (χ0n) is 6.27. The second-order valence-corrected chi connectivity index (χ2v) is 1.85. The predicted molar refractivity (Wildman–Crippen MR) is 33.7 cm³/mol. The van der Waals surface area contributed by atoms with Gasteiger partial charge in [-0.15, -0.1) is 0 Å². The average Bonchev–Trinajstić information content (AvgIpc) is 1.72. The van der Waals surface area contributed by atoms with Gasteiger partial charge in [-0.1, -0.05) is 19.3 Å². The summed E-state index contributed by atoms with van der Waals surface area (Å²) in [4.78, 5) is 0. The van der Waals surface area contributed by atoms with Crippen molar-refractivity contribution in [2.24, 2.45) is 5.92 Å². The summed E-state index contributed by atoms with van der Waals surface area (Å²) in [6, 6.07) is 0. The minimum Gasteiger partial charge on any atom is -0.343 e. The summed E-state index contributed by atoms with van der Waals surface area (Å²) in [5.41, 5.74) is 0. The molecule has 50 valence electrons. The minimum absolute atomic E-state index is 0. The molecule has 0 aliphatic carbocycles. The first-order valence-electron chi connectivity index (χ1n) is 2.93. The van der Waals surface area contributed by atoms with Gasteiger partial charge in [0.05, 0.1) is 0 Å². The van der Waals surface area contributed by atoms with Crippen molar-refractivity contribution in [1.82, 2.24) is 0 Å². The molecule has 0 saturated carbocycles. The Kier molecular flexibility index (Phi) is 24.7. The maximum absolute atomic E-state index is 3.79. The molecule has 9 heavy (non-hydrogen) atoms. The van der Waals surface area contributed by atoms with E-state index in [1.165, 1.54) is 6.42 Å². The van der Waals surface area contributed by atoms with Gasteiger partial charge in [0, 0.05) is 65.4 Å². The minimum atomic E-state index is 0. The molecule has 0 unspecified atom stereocenters. The van der Waals surface area contributed by atoms with E-state index in [2.05, 4.69) is 20.8 Å². The van der Waals surface area contributed by atoms with Crippen molar-refractivity contribution >= 4 is 0 Å². The first kappa shape index (κ1) is 17.3. The summed E-state index contributed by atoms with van der Waals surface area (Å²) in [5.74, 6) is 0.764. The summed E-state index contributed by atoms with van der Waals surface area (Å²) in [6.45, 7) is 9.76. The molecule has 0 heterocycles. The van der Waals surface area contributed by atoms with Gasteiger partial charge in [0.1, 0.15) is 0 Å². The topological polar surface area (TPSA) is 0 Å². The number of hydrogen-bond donors (Lipinski definition) is 0. The van der Waals surface area contributed by atoms with Gasteiger partial charge >= 0.3 is 0 Å². The molecule has 0 N–H and O–H groups in total. The summed E-state index contributed by atoms with van der Waals surface area (Å²) >= 11 is 0. The maximum atomic E-state index is 3.79. The third-order valence-electron chi connectivity index (χ3n) is 1.39. The van der Waals surface area contributed by atoms with Crippen LogP contribution in [0, 0.1) is 19.8 Å². The Hall–Kier alpha value is 2.21. The zero-order chi connectivity index (χ0) is 5.70. The van der Waals surface area contributed by atoms with Gasteiger partial charge in [-0.2, -0.15) is 12.8 Å². The third kappa shape index (κ3) is 10.2. The van der Waals surface area contributed by atoms with Crippen molar-refractivity contribution in [2.45, 2.75) is 26.2 Å². The van der Waals surface area contributed by atoms with Crippen LogP contribution in [0.3, 0.4) is 0 Å². The van der Waals surface area contributed by atoms with Crippen molar-refractivity contribution in [3.05, 3.63) is 13.8 Å². The fourth-order valence-electron chi connectivity index (χ4n) is 0.553. The summed E-state index contributed by atoms with van der Waals surface area (Å²) in [6.07, 6.45) is 3.31. The van der Waals surface area contributed by atoms with Gasteiger partial charge in [-0.25, -0.2) is 0 Å². The molecule has 0 atom stereocenters. The predicted octanol–water partition coefficient (Wildman–Crippen LogP) is 2.46. The van der Waals surface area contributed by atoms with Crippen LogP contribution in [-0.2, 0) is 65.4 Å². The summed E-state index contributed by atoms with van der Waals surface area (Å²) in [7, 11) is 0. The summed E-state index contributed by atoms with van der Waals surface area (Å²) < 4.78 is 0. The Morgan fingerprint density at radius 1 is 1.11 bits per heavy atom. The molecule has 0 bridgehead atoms. The molecule has 0 aliphatic rings. The molecule has 0 aromatic rings. The van der Waals surface area contributed by atoms with Crippen molar-refractivity contribution < 1.29 is 65.4 Å². The van der Waals surface area contributed by atoms with Gasteiger partial charge in [-0.3, -0.25) is 0 Å². The fourth-order valence-corrected chi connectivity index (χ4v) is 0.553. The smallest absolute Gasteiger partial charge is 0 e. The van der Waals surface area contributed by atoms with Gasteiger partial charge in [-0.05, 0) is 0 Å². The SMILES string of the molecule is [CH2-]CC(C[CH2-])CC.[Y].[Y]. The molecule has 0 saturated heterocycles.